The normalized spacial score (nSPS) is 25.6. The molecule has 2 aliphatic heterocycles. The zero-order valence-electron chi connectivity index (χ0n) is 10.3. The Kier molecular flexibility index (Phi) is 4.17. The first-order chi connectivity index (χ1) is 8.63. The zero-order valence-corrected chi connectivity index (χ0v) is 10.3. The summed E-state index contributed by atoms with van der Waals surface area (Å²) in [7, 11) is 0. The van der Waals surface area contributed by atoms with Crippen LogP contribution in [-0.2, 0) is 14.4 Å². The molecule has 0 aromatic carbocycles. The standard InChI is InChI=1S/C12H19N3O3/c16-10(4-3-9-7-12(18)15-9)13-5-1-2-8-6-11(17)14-8/h8-9H,1-7H2,(H,13,16)(H,14,17)(H,15,18). The van der Waals surface area contributed by atoms with Gasteiger partial charge in [0.25, 0.3) is 0 Å². The Morgan fingerprint density at radius 1 is 1.11 bits per heavy atom. The smallest absolute Gasteiger partial charge is 0.222 e. The molecule has 2 fully saturated rings. The molecular weight excluding hydrogens is 234 g/mol. The van der Waals surface area contributed by atoms with Gasteiger partial charge < -0.3 is 16.0 Å². The van der Waals surface area contributed by atoms with Crippen molar-refractivity contribution in [3.8, 4) is 0 Å². The van der Waals surface area contributed by atoms with Gasteiger partial charge in [-0.15, -0.1) is 0 Å². The van der Waals surface area contributed by atoms with E-state index in [4.69, 9.17) is 0 Å². The molecule has 6 heteroatoms. The van der Waals surface area contributed by atoms with E-state index >= 15 is 0 Å². The third kappa shape index (κ3) is 3.72. The second-order valence-corrected chi connectivity index (χ2v) is 4.97. The van der Waals surface area contributed by atoms with Crippen molar-refractivity contribution in [2.24, 2.45) is 0 Å². The maximum atomic E-state index is 11.5. The summed E-state index contributed by atoms with van der Waals surface area (Å²) in [5.41, 5.74) is 0. The van der Waals surface area contributed by atoms with Gasteiger partial charge in [0.1, 0.15) is 0 Å². The van der Waals surface area contributed by atoms with Crippen molar-refractivity contribution in [3.05, 3.63) is 0 Å². The van der Waals surface area contributed by atoms with Crippen LogP contribution < -0.4 is 16.0 Å². The first-order valence-electron chi connectivity index (χ1n) is 6.49. The summed E-state index contributed by atoms with van der Waals surface area (Å²) in [4.78, 5) is 32.7. The highest BCUT2D eigenvalue weighted by atomic mass is 16.2. The van der Waals surface area contributed by atoms with E-state index in [1.807, 2.05) is 0 Å². The predicted molar refractivity (Wildman–Crippen MR) is 64.6 cm³/mol. The molecule has 0 radical (unpaired) electrons. The van der Waals surface area contributed by atoms with Crippen molar-refractivity contribution in [1.82, 2.24) is 16.0 Å². The topological polar surface area (TPSA) is 87.3 Å². The van der Waals surface area contributed by atoms with Gasteiger partial charge >= 0.3 is 0 Å². The Morgan fingerprint density at radius 2 is 1.67 bits per heavy atom. The van der Waals surface area contributed by atoms with Gasteiger partial charge in [-0.2, -0.15) is 0 Å². The molecule has 6 nitrogen and oxygen atoms in total. The highest BCUT2D eigenvalue weighted by Gasteiger charge is 2.25. The number of carbonyl (C=O) groups excluding carboxylic acids is 3. The van der Waals surface area contributed by atoms with Crippen LogP contribution in [0.4, 0.5) is 0 Å². The lowest BCUT2D eigenvalue weighted by Crippen LogP contribution is -2.49. The predicted octanol–water partition coefficient (Wildman–Crippen LogP) is -0.560. The number of carbonyl (C=O) groups is 3. The molecule has 2 saturated heterocycles. The van der Waals surface area contributed by atoms with Crippen LogP contribution in [0.2, 0.25) is 0 Å². The fraction of sp³-hybridized carbons (Fsp3) is 0.750. The first-order valence-corrected chi connectivity index (χ1v) is 6.49. The number of β-lactam (4-membered cyclic amide) rings is 2. The number of amides is 3. The third-order valence-electron chi connectivity index (χ3n) is 3.37. The Labute approximate surface area is 106 Å². The Hall–Kier alpha value is -1.59. The van der Waals surface area contributed by atoms with Crippen LogP contribution in [0.25, 0.3) is 0 Å². The van der Waals surface area contributed by atoms with Gasteiger partial charge in [0.05, 0.1) is 0 Å². The van der Waals surface area contributed by atoms with E-state index in [9.17, 15) is 14.4 Å². The number of rotatable bonds is 7. The fourth-order valence-corrected chi connectivity index (χ4v) is 2.18. The molecule has 2 unspecified atom stereocenters. The highest BCUT2D eigenvalue weighted by Crippen LogP contribution is 2.11. The number of hydrogen-bond donors (Lipinski definition) is 3. The van der Waals surface area contributed by atoms with Crippen LogP contribution in [0, 0.1) is 0 Å². The summed E-state index contributed by atoms with van der Waals surface area (Å²) in [6.07, 6.45) is 4.16. The van der Waals surface area contributed by atoms with E-state index in [1.165, 1.54) is 0 Å². The summed E-state index contributed by atoms with van der Waals surface area (Å²) in [6.45, 7) is 0.655. The quantitative estimate of drug-likeness (QED) is 0.420. The summed E-state index contributed by atoms with van der Waals surface area (Å²) >= 11 is 0. The van der Waals surface area contributed by atoms with Crippen LogP contribution in [0.1, 0.15) is 38.5 Å². The van der Waals surface area contributed by atoms with Gasteiger partial charge in [-0.25, -0.2) is 0 Å². The summed E-state index contributed by atoms with van der Waals surface area (Å²) in [6, 6.07) is 0.494. The molecule has 18 heavy (non-hydrogen) atoms. The lowest BCUT2D eigenvalue weighted by molar-refractivity contribution is -0.129. The van der Waals surface area contributed by atoms with Gasteiger partial charge in [-0.05, 0) is 19.3 Å². The molecule has 0 aromatic heterocycles. The molecule has 0 bridgehead atoms. The second kappa shape index (κ2) is 5.84. The van der Waals surface area contributed by atoms with Gasteiger partial charge in [0, 0.05) is 37.9 Å². The average molecular weight is 253 g/mol. The van der Waals surface area contributed by atoms with E-state index in [2.05, 4.69) is 16.0 Å². The molecule has 0 spiro atoms. The molecule has 0 saturated carbocycles. The van der Waals surface area contributed by atoms with Crippen LogP contribution in [0.15, 0.2) is 0 Å². The Morgan fingerprint density at radius 3 is 2.22 bits per heavy atom. The third-order valence-corrected chi connectivity index (χ3v) is 3.37. The lowest BCUT2D eigenvalue weighted by atomic mass is 10.0. The molecular formula is C12H19N3O3. The van der Waals surface area contributed by atoms with Crippen LogP contribution in [-0.4, -0.2) is 36.3 Å². The van der Waals surface area contributed by atoms with Gasteiger partial charge in [-0.1, -0.05) is 0 Å². The minimum atomic E-state index is 0.0359. The van der Waals surface area contributed by atoms with Crippen molar-refractivity contribution in [2.75, 3.05) is 6.54 Å². The molecule has 0 aromatic rings. The molecule has 3 amide bonds. The number of hydrogen-bond acceptors (Lipinski definition) is 3. The molecule has 2 rings (SSSR count). The van der Waals surface area contributed by atoms with Crippen molar-refractivity contribution < 1.29 is 14.4 Å². The molecule has 2 aliphatic rings. The first kappa shape index (κ1) is 12.9. The van der Waals surface area contributed by atoms with E-state index in [0.29, 0.717) is 31.8 Å². The highest BCUT2D eigenvalue weighted by molar-refractivity contribution is 5.83. The lowest BCUT2D eigenvalue weighted by Gasteiger charge is -2.27. The minimum Gasteiger partial charge on any atom is -0.356 e. The van der Waals surface area contributed by atoms with E-state index in [-0.39, 0.29) is 23.8 Å². The van der Waals surface area contributed by atoms with Crippen molar-refractivity contribution in [3.63, 3.8) is 0 Å². The summed E-state index contributed by atoms with van der Waals surface area (Å²) < 4.78 is 0. The van der Waals surface area contributed by atoms with Crippen LogP contribution >= 0.6 is 0 Å². The van der Waals surface area contributed by atoms with Crippen molar-refractivity contribution >= 4 is 17.7 Å². The van der Waals surface area contributed by atoms with Crippen molar-refractivity contribution in [2.45, 2.75) is 50.6 Å². The van der Waals surface area contributed by atoms with E-state index < -0.39 is 0 Å². The van der Waals surface area contributed by atoms with Crippen LogP contribution in [0.3, 0.4) is 0 Å². The maximum absolute atomic E-state index is 11.5. The SMILES string of the molecule is O=C(CCC1CC(=O)N1)NCCCC1CC(=O)N1. The molecule has 2 heterocycles. The molecule has 0 aliphatic carbocycles. The molecule has 2 atom stereocenters. The van der Waals surface area contributed by atoms with Gasteiger partial charge in [0.15, 0.2) is 0 Å². The minimum absolute atomic E-state index is 0.0359. The van der Waals surface area contributed by atoms with E-state index in [0.717, 1.165) is 19.3 Å². The molecule has 100 valence electrons. The van der Waals surface area contributed by atoms with Crippen molar-refractivity contribution in [1.29, 1.82) is 0 Å². The second-order valence-electron chi connectivity index (χ2n) is 4.97. The average Bonchev–Trinajstić information content (AvgIpc) is 2.25. The summed E-state index contributed by atoms with van der Waals surface area (Å²) in [5, 5.41) is 8.39. The maximum Gasteiger partial charge on any atom is 0.222 e. The van der Waals surface area contributed by atoms with Gasteiger partial charge in [0.2, 0.25) is 17.7 Å². The van der Waals surface area contributed by atoms with Crippen LogP contribution in [0.5, 0.6) is 0 Å². The zero-order chi connectivity index (χ0) is 13.0. The Bertz CT molecular complexity index is 340. The number of nitrogens with one attached hydrogen (secondary N) is 3. The van der Waals surface area contributed by atoms with E-state index in [1.54, 1.807) is 0 Å². The fourth-order valence-electron chi connectivity index (χ4n) is 2.18. The summed E-state index contributed by atoms with van der Waals surface area (Å²) in [5.74, 6) is 0.225. The molecule has 3 N–H and O–H groups in total. The van der Waals surface area contributed by atoms with Gasteiger partial charge in [-0.3, -0.25) is 14.4 Å². The largest absolute Gasteiger partial charge is 0.356 e. The monoisotopic (exact) mass is 253 g/mol. The Balaban J connectivity index is 1.42.